The quantitative estimate of drug-likeness (QED) is 0.712. The Bertz CT molecular complexity index is 650. The van der Waals surface area contributed by atoms with Crippen molar-refractivity contribution in [3.63, 3.8) is 0 Å². The molecule has 0 N–H and O–H groups in total. The number of Topliss-reactive ketones (excluding diaryl/α,β-unsaturated/α-hetero) is 1. The Balaban J connectivity index is 1.45. The first-order chi connectivity index (χ1) is 12.6. The Morgan fingerprint density at radius 1 is 1.12 bits per heavy atom. The van der Waals surface area contributed by atoms with E-state index in [-0.39, 0.29) is 24.5 Å². The zero-order valence-electron chi connectivity index (χ0n) is 15.4. The van der Waals surface area contributed by atoms with Crippen molar-refractivity contribution in [3.05, 3.63) is 28.8 Å². The van der Waals surface area contributed by atoms with Crippen LogP contribution in [0.4, 0.5) is 0 Å². The summed E-state index contributed by atoms with van der Waals surface area (Å²) in [6.07, 6.45) is 5.73. The largest absolute Gasteiger partial charge is 0.495 e. The molecular weight excluding hydrogens is 352 g/mol. The van der Waals surface area contributed by atoms with Crippen molar-refractivity contribution in [2.45, 2.75) is 44.6 Å². The van der Waals surface area contributed by atoms with Gasteiger partial charge in [0, 0.05) is 50.6 Å². The highest BCUT2D eigenvalue weighted by Crippen LogP contribution is 2.26. The van der Waals surface area contributed by atoms with Gasteiger partial charge in [0.2, 0.25) is 5.91 Å². The third kappa shape index (κ3) is 4.57. The smallest absolute Gasteiger partial charge is 0.223 e. The lowest BCUT2D eigenvalue weighted by Crippen LogP contribution is -2.51. The summed E-state index contributed by atoms with van der Waals surface area (Å²) in [6, 6.07) is 5.69. The summed E-state index contributed by atoms with van der Waals surface area (Å²) < 4.78 is 5.09. The third-order valence-corrected chi connectivity index (χ3v) is 5.84. The standard InChI is InChI=1S/C20H27ClN2O3/c1-26-19-8-6-15(14-17(19)21)18(24)7-9-20(25)23-12-10-22(11-13-23)16-4-2-3-5-16/h6,8,14,16H,2-5,7,9-13H2,1H3. The first kappa shape index (κ1) is 19.2. The van der Waals surface area contributed by atoms with Crippen molar-refractivity contribution in [3.8, 4) is 5.75 Å². The SMILES string of the molecule is COc1ccc(C(=O)CCC(=O)N2CCN(C3CCCC3)CC2)cc1Cl. The van der Waals surface area contributed by atoms with Gasteiger partial charge in [-0.15, -0.1) is 0 Å². The van der Waals surface area contributed by atoms with Gasteiger partial charge < -0.3 is 9.64 Å². The average Bonchev–Trinajstić information content (AvgIpc) is 3.20. The molecule has 1 amide bonds. The molecule has 6 heteroatoms. The van der Waals surface area contributed by atoms with E-state index in [4.69, 9.17) is 16.3 Å². The highest BCUT2D eigenvalue weighted by atomic mass is 35.5. The number of halogens is 1. The molecule has 1 aliphatic heterocycles. The maximum Gasteiger partial charge on any atom is 0.223 e. The Morgan fingerprint density at radius 3 is 2.42 bits per heavy atom. The zero-order chi connectivity index (χ0) is 18.5. The number of hydrogen-bond donors (Lipinski definition) is 0. The van der Waals surface area contributed by atoms with Gasteiger partial charge in [0.15, 0.2) is 5.78 Å². The van der Waals surface area contributed by atoms with Crippen molar-refractivity contribution < 1.29 is 14.3 Å². The highest BCUT2D eigenvalue weighted by molar-refractivity contribution is 6.32. The summed E-state index contributed by atoms with van der Waals surface area (Å²) in [4.78, 5) is 29.2. The van der Waals surface area contributed by atoms with Gasteiger partial charge in [-0.1, -0.05) is 24.4 Å². The molecule has 142 valence electrons. The van der Waals surface area contributed by atoms with Gasteiger partial charge >= 0.3 is 0 Å². The summed E-state index contributed by atoms with van der Waals surface area (Å²) in [5.74, 6) is 0.552. The van der Waals surface area contributed by atoms with Crippen molar-refractivity contribution in [1.29, 1.82) is 0 Å². The minimum atomic E-state index is -0.0625. The second-order valence-corrected chi connectivity index (χ2v) is 7.53. The Morgan fingerprint density at radius 2 is 1.81 bits per heavy atom. The van der Waals surface area contributed by atoms with Crippen molar-refractivity contribution in [2.24, 2.45) is 0 Å². The van der Waals surface area contributed by atoms with Crippen LogP contribution in [-0.4, -0.2) is 60.8 Å². The van der Waals surface area contributed by atoms with E-state index in [0.717, 1.165) is 26.2 Å². The topological polar surface area (TPSA) is 49.9 Å². The van der Waals surface area contributed by atoms with Crippen molar-refractivity contribution in [2.75, 3.05) is 33.3 Å². The molecule has 0 radical (unpaired) electrons. The van der Waals surface area contributed by atoms with E-state index in [2.05, 4.69) is 4.90 Å². The molecule has 5 nitrogen and oxygen atoms in total. The Kier molecular flexibility index (Phi) is 6.54. The summed E-state index contributed by atoms with van der Waals surface area (Å²) in [6.45, 7) is 3.46. The second-order valence-electron chi connectivity index (χ2n) is 7.13. The lowest BCUT2D eigenvalue weighted by molar-refractivity contribution is -0.133. The Hall–Kier alpha value is -1.59. The van der Waals surface area contributed by atoms with Crippen LogP contribution in [0.25, 0.3) is 0 Å². The zero-order valence-corrected chi connectivity index (χ0v) is 16.1. The number of piperazine rings is 1. The van der Waals surface area contributed by atoms with E-state index in [1.165, 1.54) is 32.8 Å². The molecule has 0 atom stereocenters. The number of amides is 1. The lowest BCUT2D eigenvalue weighted by Gasteiger charge is -2.38. The number of ketones is 1. The van der Waals surface area contributed by atoms with Gasteiger partial charge in [0.25, 0.3) is 0 Å². The number of benzene rings is 1. The van der Waals surface area contributed by atoms with Gasteiger partial charge in [-0.3, -0.25) is 14.5 Å². The summed E-state index contributed by atoms with van der Waals surface area (Å²) in [5, 5.41) is 0.410. The van der Waals surface area contributed by atoms with E-state index < -0.39 is 0 Å². The molecule has 3 rings (SSSR count). The van der Waals surface area contributed by atoms with Gasteiger partial charge in [-0.05, 0) is 31.0 Å². The predicted molar refractivity (Wildman–Crippen MR) is 102 cm³/mol. The summed E-state index contributed by atoms with van der Waals surface area (Å²) in [5.41, 5.74) is 0.523. The van der Waals surface area contributed by atoms with Crippen LogP contribution in [0.2, 0.25) is 5.02 Å². The number of carbonyl (C=O) groups is 2. The van der Waals surface area contributed by atoms with Gasteiger partial charge in [0.1, 0.15) is 5.75 Å². The molecule has 2 aliphatic rings. The fourth-order valence-electron chi connectivity index (χ4n) is 3.97. The van der Waals surface area contributed by atoms with Gasteiger partial charge in [0.05, 0.1) is 12.1 Å². The molecule has 1 aromatic carbocycles. The molecule has 1 aliphatic carbocycles. The third-order valence-electron chi connectivity index (χ3n) is 5.55. The highest BCUT2D eigenvalue weighted by Gasteiger charge is 2.27. The fourth-order valence-corrected chi connectivity index (χ4v) is 4.23. The molecule has 1 saturated carbocycles. The Labute approximate surface area is 160 Å². The first-order valence-electron chi connectivity index (χ1n) is 9.47. The maximum atomic E-state index is 12.4. The van der Waals surface area contributed by atoms with E-state index >= 15 is 0 Å². The van der Waals surface area contributed by atoms with E-state index in [9.17, 15) is 9.59 Å². The monoisotopic (exact) mass is 378 g/mol. The fraction of sp³-hybridized carbons (Fsp3) is 0.600. The van der Waals surface area contributed by atoms with E-state index in [0.29, 0.717) is 22.4 Å². The van der Waals surface area contributed by atoms with Crippen LogP contribution in [0.3, 0.4) is 0 Å². The van der Waals surface area contributed by atoms with Gasteiger partial charge in [-0.2, -0.15) is 0 Å². The average molecular weight is 379 g/mol. The number of carbonyl (C=O) groups excluding carboxylic acids is 2. The number of hydrogen-bond acceptors (Lipinski definition) is 4. The number of nitrogens with zero attached hydrogens (tertiary/aromatic N) is 2. The van der Waals surface area contributed by atoms with Crippen molar-refractivity contribution >= 4 is 23.3 Å². The number of methoxy groups -OCH3 is 1. The molecule has 2 fully saturated rings. The predicted octanol–water partition coefficient (Wildman–Crippen LogP) is 3.40. The molecule has 0 spiro atoms. The van der Waals surface area contributed by atoms with Crippen LogP contribution in [0.1, 0.15) is 48.9 Å². The van der Waals surface area contributed by atoms with Crippen molar-refractivity contribution in [1.82, 2.24) is 9.80 Å². The normalized spacial score (nSPS) is 18.9. The lowest BCUT2D eigenvalue weighted by atomic mass is 10.1. The first-order valence-corrected chi connectivity index (χ1v) is 9.85. The van der Waals surface area contributed by atoms with Crippen LogP contribution in [-0.2, 0) is 4.79 Å². The molecular formula is C20H27ClN2O3. The summed E-state index contributed by atoms with van der Waals surface area (Å²) in [7, 11) is 1.54. The van der Waals surface area contributed by atoms with Crippen LogP contribution in [0.5, 0.6) is 5.75 Å². The maximum absolute atomic E-state index is 12.4. The molecule has 0 aromatic heterocycles. The van der Waals surface area contributed by atoms with Crippen LogP contribution in [0.15, 0.2) is 18.2 Å². The number of rotatable bonds is 6. The molecule has 0 bridgehead atoms. The van der Waals surface area contributed by atoms with Crippen LogP contribution in [0, 0.1) is 0 Å². The van der Waals surface area contributed by atoms with Gasteiger partial charge in [-0.25, -0.2) is 0 Å². The van der Waals surface area contributed by atoms with Crippen LogP contribution < -0.4 is 4.74 Å². The molecule has 1 heterocycles. The summed E-state index contributed by atoms with van der Waals surface area (Å²) >= 11 is 6.07. The van der Waals surface area contributed by atoms with E-state index in [1.54, 1.807) is 18.2 Å². The second kappa shape index (κ2) is 8.87. The minimum absolute atomic E-state index is 0.0625. The molecule has 0 unspecified atom stereocenters. The molecule has 1 saturated heterocycles. The van der Waals surface area contributed by atoms with Crippen LogP contribution >= 0.6 is 11.6 Å². The minimum Gasteiger partial charge on any atom is -0.495 e. The molecule has 1 aromatic rings. The number of ether oxygens (including phenoxy) is 1. The van der Waals surface area contributed by atoms with E-state index in [1.807, 2.05) is 4.90 Å². The molecule has 26 heavy (non-hydrogen) atoms.